The van der Waals surface area contributed by atoms with Crippen molar-refractivity contribution in [3.63, 3.8) is 0 Å². The van der Waals surface area contributed by atoms with Crippen molar-refractivity contribution in [3.8, 4) is 0 Å². The maximum absolute atomic E-state index is 13.0. The van der Waals surface area contributed by atoms with Gasteiger partial charge in [0.1, 0.15) is 5.57 Å². The third-order valence-corrected chi connectivity index (χ3v) is 3.90. The number of hydrogen-bond acceptors (Lipinski definition) is 6. The fraction of sp³-hybridized carbons (Fsp3) is 0.167. The summed E-state index contributed by atoms with van der Waals surface area (Å²) in [4.78, 5) is 47.2. The minimum absolute atomic E-state index is 0.299. The Morgan fingerprint density at radius 3 is 2.34 bits per heavy atom. The zero-order chi connectivity index (χ0) is 21.3. The first-order chi connectivity index (χ1) is 13.6. The summed E-state index contributed by atoms with van der Waals surface area (Å²) in [5, 5.41) is 1.95. The van der Waals surface area contributed by atoms with Gasteiger partial charge < -0.3 is 4.90 Å². The van der Waals surface area contributed by atoms with Gasteiger partial charge in [-0.15, -0.1) is 0 Å². The van der Waals surface area contributed by atoms with Gasteiger partial charge in [-0.05, 0) is 24.3 Å². The number of rotatable bonds is 3. The van der Waals surface area contributed by atoms with Crippen LogP contribution in [0.5, 0.6) is 0 Å². The van der Waals surface area contributed by atoms with Gasteiger partial charge in [-0.2, -0.15) is 13.2 Å². The molecule has 1 N–H and O–H groups in total. The summed E-state index contributed by atoms with van der Waals surface area (Å²) in [6, 6.07) is 2.54. The normalized spacial score (nSPS) is 16.2. The van der Waals surface area contributed by atoms with Crippen LogP contribution < -0.4 is 15.1 Å². The second-order valence-corrected chi connectivity index (χ2v) is 6.22. The second kappa shape index (κ2) is 7.34. The molecule has 0 saturated carbocycles. The molecule has 0 atom stereocenters. The van der Waals surface area contributed by atoms with E-state index in [9.17, 15) is 27.6 Å². The van der Waals surface area contributed by atoms with Crippen LogP contribution in [0.3, 0.4) is 0 Å². The smallest absolute Gasteiger partial charge is 0.347 e. The van der Waals surface area contributed by atoms with Crippen LogP contribution in [0.4, 0.5) is 29.6 Å². The van der Waals surface area contributed by atoms with Crippen molar-refractivity contribution in [3.05, 3.63) is 53.4 Å². The molecule has 1 aromatic carbocycles. The Balaban J connectivity index is 1.98. The molecule has 0 radical (unpaired) electrons. The maximum Gasteiger partial charge on any atom is 0.416 e. The summed E-state index contributed by atoms with van der Waals surface area (Å²) in [5.41, 5.74) is -1.50. The number of carbonyl (C=O) groups is 3. The monoisotopic (exact) mass is 405 g/mol. The lowest BCUT2D eigenvalue weighted by atomic mass is 10.1. The number of imide groups is 2. The quantitative estimate of drug-likeness (QED) is 0.622. The van der Waals surface area contributed by atoms with Crippen LogP contribution in [-0.4, -0.2) is 41.9 Å². The van der Waals surface area contributed by atoms with Crippen LogP contribution in [0.2, 0.25) is 0 Å². The molecule has 1 aromatic heterocycles. The molecular weight excluding hydrogens is 391 g/mol. The lowest BCUT2D eigenvalue weighted by Gasteiger charge is -2.26. The number of halogens is 3. The van der Waals surface area contributed by atoms with E-state index in [-0.39, 0.29) is 5.69 Å². The maximum atomic E-state index is 13.0. The van der Waals surface area contributed by atoms with Crippen molar-refractivity contribution in [2.45, 2.75) is 6.18 Å². The summed E-state index contributed by atoms with van der Waals surface area (Å²) in [5.74, 6) is -1.64. The summed E-state index contributed by atoms with van der Waals surface area (Å²) >= 11 is 0. The SMILES string of the molecule is CN(C)c1ncc(/C=C2/C(=O)NC(=O)N(c3cccc(C(F)(F)F)c3)C2=O)cn1. The third-order valence-electron chi connectivity index (χ3n) is 3.90. The number of barbiturate groups is 1. The molecule has 1 fully saturated rings. The van der Waals surface area contributed by atoms with Crippen LogP contribution in [0.25, 0.3) is 6.08 Å². The van der Waals surface area contributed by atoms with Gasteiger partial charge in [0.15, 0.2) is 0 Å². The molecule has 11 heteroatoms. The average molecular weight is 405 g/mol. The summed E-state index contributed by atoms with van der Waals surface area (Å²) in [6.07, 6.45) is -0.780. The Kier molecular flexibility index (Phi) is 5.06. The van der Waals surface area contributed by atoms with Crippen molar-refractivity contribution in [2.24, 2.45) is 0 Å². The highest BCUT2D eigenvalue weighted by Crippen LogP contribution is 2.32. The van der Waals surface area contributed by atoms with E-state index in [2.05, 4.69) is 9.97 Å². The molecule has 0 bridgehead atoms. The van der Waals surface area contributed by atoms with Crippen molar-refractivity contribution < 1.29 is 27.6 Å². The fourth-order valence-corrected chi connectivity index (χ4v) is 2.52. The number of urea groups is 1. The molecule has 8 nitrogen and oxygen atoms in total. The van der Waals surface area contributed by atoms with Crippen LogP contribution in [0.15, 0.2) is 42.2 Å². The number of nitrogens with zero attached hydrogens (tertiary/aromatic N) is 4. The molecule has 2 heterocycles. The number of benzene rings is 1. The molecule has 29 heavy (non-hydrogen) atoms. The van der Waals surface area contributed by atoms with E-state index >= 15 is 0 Å². The molecule has 2 aromatic rings. The Morgan fingerprint density at radius 2 is 1.76 bits per heavy atom. The molecule has 0 unspecified atom stereocenters. The number of carbonyl (C=O) groups excluding carboxylic acids is 3. The van der Waals surface area contributed by atoms with Gasteiger partial charge in [0.2, 0.25) is 5.95 Å². The highest BCUT2D eigenvalue weighted by molar-refractivity contribution is 6.39. The predicted molar refractivity (Wildman–Crippen MR) is 96.8 cm³/mol. The second-order valence-electron chi connectivity index (χ2n) is 6.22. The number of hydrogen-bond donors (Lipinski definition) is 1. The number of nitrogens with one attached hydrogen (secondary N) is 1. The average Bonchev–Trinajstić information content (AvgIpc) is 2.65. The minimum atomic E-state index is -4.66. The molecule has 0 aliphatic carbocycles. The molecule has 1 aliphatic heterocycles. The fourth-order valence-electron chi connectivity index (χ4n) is 2.52. The first kappa shape index (κ1) is 20.0. The Morgan fingerprint density at radius 1 is 1.10 bits per heavy atom. The lowest BCUT2D eigenvalue weighted by molar-refractivity contribution is -0.137. The van der Waals surface area contributed by atoms with E-state index in [1.165, 1.54) is 12.4 Å². The van der Waals surface area contributed by atoms with Gasteiger partial charge in [0.25, 0.3) is 11.8 Å². The van der Waals surface area contributed by atoms with E-state index in [1.54, 1.807) is 19.0 Å². The van der Waals surface area contributed by atoms with Gasteiger partial charge in [0.05, 0.1) is 11.3 Å². The molecule has 0 spiro atoms. The third kappa shape index (κ3) is 4.08. The van der Waals surface area contributed by atoms with Gasteiger partial charge in [-0.25, -0.2) is 19.7 Å². The molecule has 4 amide bonds. The highest BCUT2D eigenvalue weighted by Gasteiger charge is 2.38. The van der Waals surface area contributed by atoms with E-state index in [4.69, 9.17) is 0 Å². The largest absolute Gasteiger partial charge is 0.416 e. The van der Waals surface area contributed by atoms with Gasteiger partial charge in [-0.1, -0.05) is 6.07 Å². The van der Waals surface area contributed by atoms with Crippen molar-refractivity contribution in [1.29, 1.82) is 0 Å². The summed E-state index contributed by atoms with van der Waals surface area (Å²) in [6.45, 7) is 0. The first-order valence-corrected chi connectivity index (χ1v) is 8.16. The first-order valence-electron chi connectivity index (χ1n) is 8.16. The van der Waals surface area contributed by atoms with Crippen LogP contribution in [0, 0.1) is 0 Å². The number of alkyl halides is 3. The number of aromatic nitrogens is 2. The van der Waals surface area contributed by atoms with Crippen LogP contribution in [-0.2, 0) is 15.8 Å². The van der Waals surface area contributed by atoms with Crippen molar-refractivity contribution in [1.82, 2.24) is 15.3 Å². The Hall–Kier alpha value is -3.76. The standard InChI is InChI=1S/C18H14F3N5O3/c1-25(2)16-22-8-10(9-23-16)6-13-14(27)24-17(29)26(15(13)28)12-5-3-4-11(7-12)18(19,20)21/h3-9H,1-2H3,(H,24,27,29)/b13-6-. The van der Waals surface area contributed by atoms with Gasteiger partial charge in [-0.3, -0.25) is 14.9 Å². The van der Waals surface area contributed by atoms with Gasteiger partial charge in [0, 0.05) is 32.1 Å². The Bertz CT molecular complexity index is 1020. The van der Waals surface area contributed by atoms with Gasteiger partial charge >= 0.3 is 12.2 Å². The van der Waals surface area contributed by atoms with E-state index in [0.29, 0.717) is 22.5 Å². The van der Waals surface area contributed by atoms with Crippen molar-refractivity contribution >= 4 is 35.6 Å². The number of amides is 4. The lowest BCUT2D eigenvalue weighted by Crippen LogP contribution is -2.54. The molecule has 150 valence electrons. The topological polar surface area (TPSA) is 95.5 Å². The zero-order valence-electron chi connectivity index (χ0n) is 15.2. The molecule has 3 rings (SSSR count). The summed E-state index contributed by atoms with van der Waals surface area (Å²) in [7, 11) is 3.45. The Labute approximate surface area is 162 Å². The summed E-state index contributed by atoms with van der Waals surface area (Å²) < 4.78 is 38.9. The van der Waals surface area contributed by atoms with E-state index < -0.39 is 35.2 Å². The van der Waals surface area contributed by atoms with E-state index in [0.717, 1.165) is 24.3 Å². The van der Waals surface area contributed by atoms with Crippen LogP contribution in [0.1, 0.15) is 11.1 Å². The minimum Gasteiger partial charge on any atom is -0.347 e. The molecular formula is C18H14F3N5O3. The highest BCUT2D eigenvalue weighted by atomic mass is 19.4. The molecule has 1 aliphatic rings. The number of anilines is 2. The van der Waals surface area contributed by atoms with Crippen molar-refractivity contribution in [2.75, 3.05) is 23.9 Å². The van der Waals surface area contributed by atoms with Crippen LogP contribution >= 0.6 is 0 Å². The zero-order valence-corrected chi connectivity index (χ0v) is 15.2. The molecule has 1 saturated heterocycles. The predicted octanol–water partition coefficient (Wildman–Crippen LogP) is 2.23. The van der Waals surface area contributed by atoms with E-state index in [1.807, 2.05) is 5.32 Å².